The molecule has 0 saturated carbocycles. The van der Waals surface area contributed by atoms with E-state index in [9.17, 15) is 4.39 Å². The standard InChI is InChI=1S/C15H8BrClFN3/c16-11-3-2-10(18)6-13(11)21-14-5-9(8-19)1-4-12(14)20-15(21)7-17/h1-6H,7H2. The zero-order valence-corrected chi connectivity index (χ0v) is 13.0. The first-order valence-electron chi connectivity index (χ1n) is 6.07. The smallest absolute Gasteiger partial charge is 0.129 e. The first-order chi connectivity index (χ1) is 10.1. The average Bonchev–Trinajstić information content (AvgIpc) is 2.87. The number of alkyl halides is 1. The molecule has 2 aromatic carbocycles. The van der Waals surface area contributed by atoms with Gasteiger partial charge in [-0.3, -0.25) is 4.57 Å². The van der Waals surface area contributed by atoms with E-state index in [2.05, 4.69) is 27.0 Å². The van der Waals surface area contributed by atoms with E-state index in [-0.39, 0.29) is 11.7 Å². The lowest BCUT2D eigenvalue weighted by Gasteiger charge is -2.10. The van der Waals surface area contributed by atoms with E-state index < -0.39 is 0 Å². The molecule has 0 aliphatic carbocycles. The molecule has 3 aromatic rings. The Hall–Kier alpha value is -1.90. The van der Waals surface area contributed by atoms with Crippen LogP contribution in [0.15, 0.2) is 40.9 Å². The minimum absolute atomic E-state index is 0.180. The van der Waals surface area contributed by atoms with Gasteiger partial charge in [0.15, 0.2) is 0 Å². The van der Waals surface area contributed by atoms with E-state index >= 15 is 0 Å². The van der Waals surface area contributed by atoms with Crippen molar-refractivity contribution in [2.45, 2.75) is 5.88 Å². The fourth-order valence-electron chi connectivity index (χ4n) is 2.21. The molecule has 3 rings (SSSR count). The third kappa shape index (κ3) is 2.41. The first-order valence-corrected chi connectivity index (χ1v) is 7.39. The zero-order valence-electron chi connectivity index (χ0n) is 10.6. The number of fused-ring (bicyclic) bond motifs is 1. The van der Waals surface area contributed by atoms with E-state index in [0.29, 0.717) is 22.6 Å². The molecule has 0 aliphatic heterocycles. The maximum absolute atomic E-state index is 13.6. The summed E-state index contributed by atoms with van der Waals surface area (Å²) < 4.78 is 16.1. The fraction of sp³-hybridized carbons (Fsp3) is 0.0667. The van der Waals surface area contributed by atoms with Crippen molar-refractivity contribution < 1.29 is 4.39 Å². The summed E-state index contributed by atoms with van der Waals surface area (Å²) >= 11 is 9.38. The maximum atomic E-state index is 13.6. The second-order valence-corrected chi connectivity index (χ2v) is 5.53. The van der Waals surface area contributed by atoms with Gasteiger partial charge in [0, 0.05) is 4.47 Å². The molecule has 104 valence electrons. The van der Waals surface area contributed by atoms with Crippen molar-refractivity contribution in [3.8, 4) is 11.8 Å². The van der Waals surface area contributed by atoms with Crippen LogP contribution in [-0.4, -0.2) is 9.55 Å². The number of aromatic nitrogens is 2. The Morgan fingerprint density at radius 2 is 2.10 bits per heavy atom. The number of rotatable bonds is 2. The molecular weight excluding hydrogens is 357 g/mol. The van der Waals surface area contributed by atoms with Gasteiger partial charge in [0.25, 0.3) is 0 Å². The molecule has 0 spiro atoms. The molecule has 0 fully saturated rings. The molecular formula is C15H8BrClFN3. The Kier molecular flexibility index (Phi) is 3.66. The predicted molar refractivity (Wildman–Crippen MR) is 83.0 cm³/mol. The van der Waals surface area contributed by atoms with Gasteiger partial charge in [-0.1, -0.05) is 0 Å². The van der Waals surface area contributed by atoms with Crippen molar-refractivity contribution in [2.75, 3.05) is 0 Å². The Morgan fingerprint density at radius 3 is 2.81 bits per heavy atom. The molecule has 1 heterocycles. The van der Waals surface area contributed by atoms with Crippen molar-refractivity contribution in [3.05, 3.63) is 58.1 Å². The molecule has 0 amide bonds. The SMILES string of the molecule is N#Cc1ccc2nc(CCl)n(-c3cc(F)ccc3Br)c2c1. The maximum Gasteiger partial charge on any atom is 0.129 e. The van der Waals surface area contributed by atoms with Gasteiger partial charge in [0.1, 0.15) is 11.6 Å². The van der Waals surface area contributed by atoms with Gasteiger partial charge in [-0.2, -0.15) is 5.26 Å². The monoisotopic (exact) mass is 363 g/mol. The van der Waals surface area contributed by atoms with Crippen molar-refractivity contribution in [1.82, 2.24) is 9.55 Å². The summed E-state index contributed by atoms with van der Waals surface area (Å²) in [4.78, 5) is 4.43. The summed E-state index contributed by atoms with van der Waals surface area (Å²) in [5, 5.41) is 9.05. The van der Waals surface area contributed by atoms with Gasteiger partial charge in [0.05, 0.1) is 34.2 Å². The quantitative estimate of drug-likeness (QED) is 0.627. The molecule has 0 saturated heterocycles. The Bertz CT molecular complexity index is 882. The number of imidazole rings is 1. The summed E-state index contributed by atoms with van der Waals surface area (Å²) in [7, 11) is 0. The minimum atomic E-state index is -0.355. The molecule has 0 atom stereocenters. The van der Waals surface area contributed by atoms with Crippen LogP contribution in [0.25, 0.3) is 16.7 Å². The lowest BCUT2D eigenvalue weighted by Crippen LogP contribution is -2.01. The van der Waals surface area contributed by atoms with Crippen LogP contribution in [0.4, 0.5) is 4.39 Å². The fourth-order valence-corrected chi connectivity index (χ4v) is 2.81. The first kappa shape index (κ1) is 14.1. The number of hydrogen-bond donors (Lipinski definition) is 0. The van der Waals surface area contributed by atoms with Gasteiger partial charge >= 0.3 is 0 Å². The van der Waals surface area contributed by atoms with Gasteiger partial charge in [0.2, 0.25) is 0 Å². The van der Waals surface area contributed by atoms with Crippen molar-refractivity contribution in [3.63, 3.8) is 0 Å². The highest BCUT2D eigenvalue weighted by molar-refractivity contribution is 9.10. The molecule has 6 heteroatoms. The number of halogens is 3. The lowest BCUT2D eigenvalue weighted by atomic mass is 10.2. The van der Waals surface area contributed by atoms with Crippen LogP contribution < -0.4 is 0 Å². The van der Waals surface area contributed by atoms with Crippen LogP contribution in [-0.2, 0) is 5.88 Å². The van der Waals surface area contributed by atoms with E-state index in [1.807, 2.05) is 0 Å². The van der Waals surface area contributed by atoms with Gasteiger partial charge in [-0.25, -0.2) is 9.37 Å². The van der Waals surface area contributed by atoms with Crippen molar-refractivity contribution in [1.29, 1.82) is 5.26 Å². The highest BCUT2D eigenvalue weighted by Gasteiger charge is 2.15. The van der Waals surface area contributed by atoms with E-state index in [4.69, 9.17) is 16.9 Å². The van der Waals surface area contributed by atoms with E-state index in [1.54, 1.807) is 28.8 Å². The van der Waals surface area contributed by atoms with E-state index in [1.165, 1.54) is 12.1 Å². The molecule has 21 heavy (non-hydrogen) atoms. The van der Waals surface area contributed by atoms with Crippen LogP contribution >= 0.6 is 27.5 Å². The molecule has 3 nitrogen and oxygen atoms in total. The molecule has 1 aromatic heterocycles. The van der Waals surface area contributed by atoms with Crippen LogP contribution in [0.1, 0.15) is 11.4 Å². The summed E-state index contributed by atoms with van der Waals surface area (Å²) in [6.07, 6.45) is 0. The van der Waals surface area contributed by atoms with Crippen molar-refractivity contribution >= 4 is 38.6 Å². The minimum Gasteiger partial charge on any atom is -0.294 e. The summed E-state index contributed by atoms with van der Waals surface area (Å²) in [6, 6.07) is 11.7. The molecule has 0 bridgehead atoms. The zero-order chi connectivity index (χ0) is 15.0. The molecule has 0 radical (unpaired) electrons. The Morgan fingerprint density at radius 1 is 1.29 bits per heavy atom. The van der Waals surface area contributed by atoms with Crippen LogP contribution in [0.3, 0.4) is 0 Å². The van der Waals surface area contributed by atoms with Crippen LogP contribution in [0.2, 0.25) is 0 Å². The predicted octanol–water partition coefficient (Wildman–Crippen LogP) is 4.54. The third-order valence-electron chi connectivity index (χ3n) is 3.12. The van der Waals surface area contributed by atoms with E-state index in [0.717, 1.165) is 9.99 Å². The largest absolute Gasteiger partial charge is 0.294 e. The average molecular weight is 365 g/mol. The Labute approximate surface area is 133 Å². The number of hydrogen-bond acceptors (Lipinski definition) is 2. The van der Waals surface area contributed by atoms with Crippen molar-refractivity contribution in [2.24, 2.45) is 0 Å². The number of benzene rings is 2. The third-order valence-corrected chi connectivity index (χ3v) is 4.03. The second-order valence-electron chi connectivity index (χ2n) is 4.41. The van der Waals surface area contributed by atoms with Gasteiger partial charge in [-0.15, -0.1) is 11.6 Å². The summed E-state index contributed by atoms with van der Waals surface area (Å²) in [5.74, 6) is 0.416. The van der Waals surface area contributed by atoms with Crippen LogP contribution in [0.5, 0.6) is 0 Å². The molecule has 0 unspecified atom stereocenters. The van der Waals surface area contributed by atoms with Crippen LogP contribution in [0, 0.1) is 17.1 Å². The highest BCUT2D eigenvalue weighted by atomic mass is 79.9. The normalized spacial score (nSPS) is 10.8. The van der Waals surface area contributed by atoms with Gasteiger partial charge in [-0.05, 0) is 52.3 Å². The second kappa shape index (κ2) is 5.47. The number of nitrogens with zero attached hydrogens (tertiary/aromatic N) is 3. The summed E-state index contributed by atoms with van der Waals surface area (Å²) in [6.45, 7) is 0. The highest BCUT2D eigenvalue weighted by Crippen LogP contribution is 2.29. The number of nitriles is 1. The molecule has 0 N–H and O–H groups in total. The van der Waals surface area contributed by atoms with Gasteiger partial charge < -0.3 is 0 Å². The Balaban J connectivity index is 2.39. The summed E-state index contributed by atoms with van der Waals surface area (Å²) in [5.41, 5.74) is 2.54. The topological polar surface area (TPSA) is 41.6 Å². The lowest BCUT2D eigenvalue weighted by molar-refractivity contribution is 0.626. The molecule has 0 aliphatic rings.